The second-order valence-electron chi connectivity index (χ2n) is 6.18. The van der Waals surface area contributed by atoms with E-state index in [2.05, 4.69) is 4.90 Å². The molecule has 0 radical (unpaired) electrons. The first kappa shape index (κ1) is 17.4. The summed E-state index contributed by atoms with van der Waals surface area (Å²) in [6, 6.07) is 14.7. The maximum Gasteiger partial charge on any atom is 0.249 e. The van der Waals surface area contributed by atoms with Gasteiger partial charge in [0.15, 0.2) is 0 Å². The summed E-state index contributed by atoms with van der Waals surface area (Å²) in [6.45, 7) is 4.66. The van der Waals surface area contributed by atoms with Crippen molar-refractivity contribution < 1.29 is 9.90 Å². The lowest BCUT2D eigenvalue weighted by Gasteiger charge is -2.36. The highest BCUT2D eigenvalue weighted by Gasteiger charge is 2.22. The van der Waals surface area contributed by atoms with E-state index in [0.29, 0.717) is 23.7 Å². The van der Waals surface area contributed by atoms with E-state index in [9.17, 15) is 9.90 Å². The van der Waals surface area contributed by atoms with Crippen LogP contribution in [0.1, 0.15) is 12.5 Å². The number of anilines is 1. The molecule has 130 valence electrons. The highest BCUT2D eigenvalue weighted by Crippen LogP contribution is 2.22. The van der Waals surface area contributed by atoms with Crippen LogP contribution in [0.3, 0.4) is 0 Å². The zero-order valence-corrected chi connectivity index (χ0v) is 14.9. The van der Waals surface area contributed by atoms with E-state index < -0.39 is 0 Å². The standard InChI is InChI=1S/C20H21ClN2O2/c1-15(12-16-4-2-5-17(21)13-16)20(25)23-10-8-22(9-11-23)18-6-3-7-19(24)14-18/h2-7,12-14,24H,8-11H2,1H3/b15-12+. The van der Waals surface area contributed by atoms with Gasteiger partial charge in [-0.25, -0.2) is 0 Å². The molecule has 4 nitrogen and oxygen atoms in total. The third kappa shape index (κ3) is 4.34. The molecule has 0 saturated carbocycles. The van der Waals surface area contributed by atoms with Gasteiger partial charge in [-0.05, 0) is 42.8 Å². The fourth-order valence-corrected chi connectivity index (χ4v) is 3.21. The fraction of sp³-hybridized carbons (Fsp3) is 0.250. The number of aromatic hydroxyl groups is 1. The minimum atomic E-state index is 0.0514. The van der Waals surface area contributed by atoms with Crippen LogP contribution in [0.4, 0.5) is 5.69 Å². The van der Waals surface area contributed by atoms with Crippen molar-refractivity contribution in [1.29, 1.82) is 0 Å². The summed E-state index contributed by atoms with van der Waals surface area (Å²) in [5.41, 5.74) is 2.61. The lowest BCUT2D eigenvalue weighted by Crippen LogP contribution is -2.49. The molecular formula is C20H21ClN2O2. The number of hydrogen-bond acceptors (Lipinski definition) is 3. The van der Waals surface area contributed by atoms with Gasteiger partial charge in [0.05, 0.1) is 0 Å². The van der Waals surface area contributed by atoms with Crippen LogP contribution in [0.5, 0.6) is 5.75 Å². The van der Waals surface area contributed by atoms with E-state index in [-0.39, 0.29) is 11.7 Å². The van der Waals surface area contributed by atoms with Crippen molar-refractivity contribution in [2.75, 3.05) is 31.1 Å². The molecule has 5 heteroatoms. The maximum absolute atomic E-state index is 12.7. The molecule has 1 N–H and O–H groups in total. The van der Waals surface area contributed by atoms with Crippen molar-refractivity contribution in [3.63, 3.8) is 0 Å². The van der Waals surface area contributed by atoms with Crippen LogP contribution in [-0.4, -0.2) is 42.1 Å². The summed E-state index contributed by atoms with van der Waals surface area (Å²) in [6.07, 6.45) is 1.87. The number of amides is 1. The molecule has 0 spiro atoms. The highest BCUT2D eigenvalue weighted by atomic mass is 35.5. The van der Waals surface area contributed by atoms with Crippen molar-refractivity contribution in [1.82, 2.24) is 4.90 Å². The third-order valence-electron chi connectivity index (χ3n) is 4.33. The van der Waals surface area contributed by atoms with Crippen LogP contribution in [0.25, 0.3) is 6.08 Å². The van der Waals surface area contributed by atoms with E-state index in [4.69, 9.17) is 11.6 Å². The van der Waals surface area contributed by atoms with Crippen LogP contribution in [0.2, 0.25) is 5.02 Å². The Morgan fingerprint density at radius 1 is 1.08 bits per heavy atom. The Hall–Kier alpha value is -2.46. The summed E-state index contributed by atoms with van der Waals surface area (Å²) >= 11 is 5.99. The van der Waals surface area contributed by atoms with Crippen LogP contribution in [0, 0.1) is 0 Å². The van der Waals surface area contributed by atoms with Gasteiger partial charge in [0.2, 0.25) is 5.91 Å². The molecule has 25 heavy (non-hydrogen) atoms. The topological polar surface area (TPSA) is 43.8 Å². The van der Waals surface area contributed by atoms with Crippen LogP contribution >= 0.6 is 11.6 Å². The molecule has 1 aliphatic heterocycles. The largest absolute Gasteiger partial charge is 0.508 e. The summed E-state index contributed by atoms with van der Waals surface area (Å²) in [5, 5.41) is 10.3. The molecule has 3 rings (SSSR count). The van der Waals surface area contributed by atoms with Crippen molar-refractivity contribution in [3.05, 3.63) is 64.7 Å². The normalized spacial score (nSPS) is 15.4. The molecule has 1 amide bonds. The molecule has 0 aromatic heterocycles. The van der Waals surface area contributed by atoms with E-state index in [0.717, 1.165) is 24.3 Å². The van der Waals surface area contributed by atoms with Gasteiger partial charge < -0.3 is 14.9 Å². The Balaban J connectivity index is 1.63. The SMILES string of the molecule is C/C(=C\c1cccc(Cl)c1)C(=O)N1CCN(c2cccc(O)c2)CC1. The van der Waals surface area contributed by atoms with Crippen LogP contribution in [-0.2, 0) is 4.79 Å². The van der Waals surface area contributed by atoms with E-state index in [1.165, 1.54) is 0 Å². The van der Waals surface area contributed by atoms with Gasteiger partial charge in [0.25, 0.3) is 0 Å². The number of carbonyl (C=O) groups is 1. The number of piperazine rings is 1. The molecule has 2 aromatic rings. The molecule has 0 atom stereocenters. The number of carbonyl (C=O) groups excluding carboxylic acids is 1. The zero-order valence-electron chi connectivity index (χ0n) is 14.2. The van der Waals surface area contributed by atoms with Gasteiger partial charge in [-0.1, -0.05) is 29.8 Å². The van der Waals surface area contributed by atoms with Gasteiger partial charge in [-0.2, -0.15) is 0 Å². The lowest BCUT2D eigenvalue weighted by atomic mass is 10.1. The Morgan fingerprint density at radius 3 is 2.48 bits per heavy atom. The number of nitrogens with zero attached hydrogens (tertiary/aromatic N) is 2. The second-order valence-corrected chi connectivity index (χ2v) is 6.62. The van der Waals surface area contributed by atoms with Gasteiger partial charge in [0.1, 0.15) is 5.75 Å². The monoisotopic (exact) mass is 356 g/mol. The quantitative estimate of drug-likeness (QED) is 0.851. The fourth-order valence-electron chi connectivity index (χ4n) is 3.01. The Labute approximate surface area is 152 Å². The van der Waals surface area contributed by atoms with Crippen LogP contribution < -0.4 is 4.90 Å². The average molecular weight is 357 g/mol. The van der Waals surface area contributed by atoms with Gasteiger partial charge in [0, 0.05) is 48.5 Å². The van der Waals surface area contributed by atoms with E-state index in [1.807, 2.05) is 54.3 Å². The molecular weight excluding hydrogens is 336 g/mol. The number of phenolic OH excluding ortho intramolecular Hbond substituents is 1. The number of benzene rings is 2. The molecule has 1 heterocycles. The van der Waals surface area contributed by atoms with Gasteiger partial charge >= 0.3 is 0 Å². The zero-order chi connectivity index (χ0) is 17.8. The molecule has 0 bridgehead atoms. The Bertz CT molecular complexity index is 796. The van der Waals surface area contributed by atoms with Gasteiger partial charge in [-0.3, -0.25) is 4.79 Å². The highest BCUT2D eigenvalue weighted by molar-refractivity contribution is 6.30. The summed E-state index contributed by atoms with van der Waals surface area (Å²) < 4.78 is 0. The smallest absolute Gasteiger partial charge is 0.249 e. The van der Waals surface area contributed by atoms with Crippen molar-refractivity contribution in [2.45, 2.75) is 6.92 Å². The molecule has 0 unspecified atom stereocenters. The number of hydrogen-bond donors (Lipinski definition) is 1. The van der Waals surface area contributed by atoms with Crippen molar-refractivity contribution in [2.24, 2.45) is 0 Å². The maximum atomic E-state index is 12.7. The molecule has 2 aromatic carbocycles. The predicted octanol–water partition coefficient (Wildman–Crippen LogP) is 3.80. The van der Waals surface area contributed by atoms with E-state index in [1.54, 1.807) is 12.1 Å². The summed E-state index contributed by atoms with van der Waals surface area (Å²) in [5.74, 6) is 0.312. The first-order valence-electron chi connectivity index (χ1n) is 8.30. The summed E-state index contributed by atoms with van der Waals surface area (Å²) in [7, 11) is 0. The molecule has 1 aliphatic rings. The van der Waals surface area contributed by atoms with Crippen molar-refractivity contribution in [3.8, 4) is 5.75 Å². The molecule has 1 fully saturated rings. The minimum absolute atomic E-state index is 0.0514. The predicted molar refractivity (Wildman–Crippen MR) is 102 cm³/mol. The molecule has 1 saturated heterocycles. The first-order chi connectivity index (χ1) is 12.0. The third-order valence-corrected chi connectivity index (χ3v) is 4.57. The number of phenols is 1. The van der Waals surface area contributed by atoms with E-state index >= 15 is 0 Å². The number of halogens is 1. The Morgan fingerprint density at radius 2 is 1.80 bits per heavy atom. The van der Waals surface area contributed by atoms with Gasteiger partial charge in [-0.15, -0.1) is 0 Å². The summed E-state index contributed by atoms with van der Waals surface area (Å²) in [4.78, 5) is 16.7. The first-order valence-corrected chi connectivity index (χ1v) is 8.68. The average Bonchev–Trinajstić information content (AvgIpc) is 2.61. The van der Waals surface area contributed by atoms with Crippen LogP contribution in [0.15, 0.2) is 54.1 Å². The minimum Gasteiger partial charge on any atom is -0.508 e. The van der Waals surface area contributed by atoms with Crippen molar-refractivity contribution >= 4 is 29.3 Å². The molecule has 0 aliphatic carbocycles. The lowest BCUT2D eigenvalue weighted by molar-refractivity contribution is -0.127. The Kier molecular flexibility index (Phi) is 5.29. The number of rotatable bonds is 3. The second kappa shape index (κ2) is 7.62.